The van der Waals surface area contributed by atoms with Gasteiger partial charge in [0.2, 0.25) is 0 Å². The van der Waals surface area contributed by atoms with Crippen LogP contribution in [-0.2, 0) is 0 Å². The lowest BCUT2D eigenvalue weighted by Crippen LogP contribution is -2.18. The molecule has 6 heteroatoms. The van der Waals surface area contributed by atoms with E-state index in [0.717, 1.165) is 38.8 Å². The van der Waals surface area contributed by atoms with Crippen LogP contribution in [0, 0.1) is 0 Å². The van der Waals surface area contributed by atoms with E-state index in [0.29, 0.717) is 5.92 Å². The molecule has 136 valence electrons. The van der Waals surface area contributed by atoms with Gasteiger partial charge in [-0.3, -0.25) is 14.8 Å². The summed E-state index contributed by atoms with van der Waals surface area (Å²) in [5.74, 6) is 0.308. The average Bonchev–Trinajstić information content (AvgIpc) is 3.17. The zero-order chi connectivity index (χ0) is 18.7. The number of rotatable bonds is 3. The fourth-order valence-corrected chi connectivity index (χ4v) is 5.63. The van der Waals surface area contributed by atoms with Crippen LogP contribution in [0.4, 0.5) is 0 Å². The third-order valence-corrected chi connectivity index (χ3v) is 7.29. The fraction of sp³-hybridized carbons (Fsp3) is 0.136. The summed E-state index contributed by atoms with van der Waals surface area (Å²) in [4.78, 5) is 22.2. The van der Waals surface area contributed by atoms with Crippen molar-refractivity contribution in [1.29, 1.82) is 0 Å². The number of hydrogen-bond acceptors (Lipinski definition) is 5. The number of nitrogens with zero attached hydrogens (tertiary/aromatic N) is 3. The summed E-state index contributed by atoms with van der Waals surface area (Å²) in [6.45, 7) is 0. The predicted octanol–water partition coefficient (Wildman–Crippen LogP) is 5.46. The molecule has 5 aromatic rings. The van der Waals surface area contributed by atoms with Crippen molar-refractivity contribution in [3.63, 3.8) is 0 Å². The third-order valence-electron chi connectivity index (χ3n) is 5.47. The van der Waals surface area contributed by atoms with Crippen molar-refractivity contribution in [3.8, 4) is 11.1 Å². The third kappa shape index (κ3) is 2.45. The molecule has 4 nitrogen and oxygen atoms in total. The smallest absolute Gasteiger partial charge is 0.260 e. The Labute approximate surface area is 168 Å². The van der Waals surface area contributed by atoms with Crippen molar-refractivity contribution < 1.29 is 0 Å². The first-order valence-corrected chi connectivity index (χ1v) is 10.9. The molecule has 2 atom stereocenters. The Balaban J connectivity index is 1.42. The molecule has 0 bridgehead atoms. The van der Waals surface area contributed by atoms with Gasteiger partial charge in [-0.1, -0.05) is 0 Å². The normalized spacial score (nSPS) is 18.7. The Kier molecular flexibility index (Phi) is 3.51. The molecule has 1 aliphatic carbocycles. The van der Waals surface area contributed by atoms with Crippen LogP contribution in [0.3, 0.4) is 0 Å². The Hall–Kier alpha value is -2.83. The van der Waals surface area contributed by atoms with Crippen LogP contribution < -0.4 is 5.56 Å². The molecule has 1 aliphatic rings. The monoisotopic (exact) mass is 401 g/mol. The summed E-state index contributed by atoms with van der Waals surface area (Å²) < 4.78 is 4.15. The number of aromatic nitrogens is 3. The zero-order valence-electron chi connectivity index (χ0n) is 14.8. The lowest BCUT2D eigenvalue weighted by Gasteiger charge is -2.07. The highest BCUT2D eigenvalue weighted by atomic mass is 32.1. The van der Waals surface area contributed by atoms with Gasteiger partial charge < -0.3 is 4.57 Å². The first kappa shape index (κ1) is 16.2. The van der Waals surface area contributed by atoms with Crippen LogP contribution in [0.5, 0.6) is 0 Å². The molecule has 6 rings (SSSR count). The maximum atomic E-state index is 13.3. The van der Waals surface area contributed by atoms with Crippen molar-refractivity contribution in [1.82, 2.24) is 14.5 Å². The maximum absolute atomic E-state index is 13.3. The molecule has 1 saturated carbocycles. The van der Waals surface area contributed by atoms with Crippen LogP contribution in [-0.4, -0.2) is 14.5 Å². The molecule has 1 fully saturated rings. The molecule has 0 spiro atoms. The number of thiophene rings is 2. The van der Waals surface area contributed by atoms with Gasteiger partial charge in [0.05, 0.1) is 15.6 Å². The van der Waals surface area contributed by atoms with Gasteiger partial charge >= 0.3 is 0 Å². The topological polar surface area (TPSA) is 47.8 Å². The number of pyridine rings is 3. The molecule has 0 unspecified atom stereocenters. The standard InChI is InChI=1S/C22H15N3OS2/c26-22-21-15(13-3-7-23-8-4-13)12-28-20(21)5-9-25(22)18-11-14(18)16-1-2-19-17(24-16)6-10-27-19/h1-10,12,14,18H,11H2/t14-,18-/m1/s1. The summed E-state index contributed by atoms with van der Waals surface area (Å²) in [6.07, 6.45) is 6.45. The minimum Gasteiger partial charge on any atom is -0.311 e. The molecule has 5 aromatic heterocycles. The molecule has 0 amide bonds. The highest BCUT2D eigenvalue weighted by Crippen LogP contribution is 2.50. The SMILES string of the molecule is O=c1c2c(-c3ccncc3)csc2ccn1[C@@H]1C[C@@H]1c1ccc2sccc2n1. The quantitative estimate of drug-likeness (QED) is 0.403. The summed E-state index contributed by atoms with van der Waals surface area (Å²) >= 11 is 3.33. The first-order chi connectivity index (χ1) is 13.8. The largest absolute Gasteiger partial charge is 0.311 e. The van der Waals surface area contributed by atoms with Gasteiger partial charge in [-0.25, -0.2) is 0 Å². The van der Waals surface area contributed by atoms with E-state index in [-0.39, 0.29) is 11.6 Å². The van der Waals surface area contributed by atoms with E-state index >= 15 is 0 Å². The van der Waals surface area contributed by atoms with Gasteiger partial charge in [0, 0.05) is 51.9 Å². The van der Waals surface area contributed by atoms with Crippen molar-refractivity contribution >= 4 is 43.0 Å². The number of hydrogen-bond donors (Lipinski definition) is 0. The van der Waals surface area contributed by atoms with Crippen LogP contribution in [0.1, 0.15) is 24.1 Å². The summed E-state index contributed by atoms with van der Waals surface area (Å²) in [5.41, 5.74) is 4.26. The molecule has 0 N–H and O–H groups in total. The van der Waals surface area contributed by atoms with Crippen molar-refractivity contribution in [2.45, 2.75) is 18.4 Å². The summed E-state index contributed by atoms with van der Waals surface area (Å²) in [5, 5.41) is 4.95. The van der Waals surface area contributed by atoms with E-state index in [1.807, 2.05) is 22.9 Å². The van der Waals surface area contributed by atoms with Gasteiger partial charge in [0.25, 0.3) is 5.56 Å². The highest BCUT2D eigenvalue weighted by molar-refractivity contribution is 7.17. The van der Waals surface area contributed by atoms with Crippen LogP contribution in [0.25, 0.3) is 31.4 Å². The number of fused-ring (bicyclic) bond motifs is 2. The molecule has 0 saturated heterocycles. The van der Waals surface area contributed by atoms with Gasteiger partial charge in [-0.15, -0.1) is 22.7 Å². The second-order valence-corrected chi connectivity index (χ2v) is 8.96. The highest BCUT2D eigenvalue weighted by Gasteiger charge is 2.41. The van der Waals surface area contributed by atoms with E-state index in [1.165, 1.54) is 4.70 Å². The average molecular weight is 402 g/mol. The molecule has 0 aliphatic heterocycles. The minimum atomic E-state index is 0.0923. The molecule has 0 aromatic carbocycles. The summed E-state index contributed by atoms with van der Waals surface area (Å²) in [6, 6.07) is 12.5. The molecular weight excluding hydrogens is 386 g/mol. The first-order valence-electron chi connectivity index (χ1n) is 9.16. The summed E-state index contributed by atoms with van der Waals surface area (Å²) in [7, 11) is 0. The Morgan fingerprint density at radius 3 is 2.79 bits per heavy atom. The van der Waals surface area contributed by atoms with E-state index in [1.54, 1.807) is 35.1 Å². The molecule has 5 heterocycles. The predicted molar refractivity (Wildman–Crippen MR) is 115 cm³/mol. The van der Waals surface area contributed by atoms with E-state index in [2.05, 4.69) is 40.0 Å². The Morgan fingerprint density at radius 1 is 1.00 bits per heavy atom. The Morgan fingerprint density at radius 2 is 1.89 bits per heavy atom. The van der Waals surface area contributed by atoms with Gasteiger partial charge in [-0.05, 0) is 53.8 Å². The Bertz CT molecular complexity index is 1380. The van der Waals surface area contributed by atoms with Crippen LogP contribution >= 0.6 is 22.7 Å². The van der Waals surface area contributed by atoms with Crippen LogP contribution in [0.2, 0.25) is 0 Å². The zero-order valence-corrected chi connectivity index (χ0v) is 16.4. The lowest BCUT2D eigenvalue weighted by molar-refractivity contribution is 0.689. The van der Waals surface area contributed by atoms with Crippen molar-refractivity contribution in [3.05, 3.63) is 81.8 Å². The maximum Gasteiger partial charge on any atom is 0.260 e. The molecule has 28 heavy (non-hydrogen) atoms. The minimum absolute atomic E-state index is 0.0923. The second kappa shape index (κ2) is 6.09. The molecule has 0 radical (unpaired) electrons. The van der Waals surface area contributed by atoms with Gasteiger partial charge in [0.15, 0.2) is 0 Å². The van der Waals surface area contributed by atoms with Crippen molar-refractivity contribution in [2.75, 3.05) is 0 Å². The van der Waals surface area contributed by atoms with Crippen LogP contribution in [0.15, 0.2) is 70.5 Å². The van der Waals surface area contributed by atoms with E-state index in [4.69, 9.17) is 4.98 Å². The van der Waals surface area contributed by atoms with Gasteiger partial charge in [0.1, 0.15) is 0 Å². The van der Waals surface area contributed by atoms with E-state index < -0.39 is 0 Å². The fourth-order valence-electron chi connectivity index (χ4n) is 3.95. The second-order valence-electron chi connectivity index (χ2n) is 7.10. The molecular formula is C22H15N3OS2. The van der Waals surface area contributed by atoms with E-state index in [9.17, 15) is 4.79 Å². The lowest BCUT2D eigenvalue weighted by atomic mass is 10.1. The van der Waals surface area contributed by atoms with Crippen molar-refractivity contribution in [2.24, 2.45) is 0 Å². The van der Waals surface area contributed by atoms with Gasteiger partial charge in [-0.2, -0.15) is 0 Å².